The maximum Gasteiger partial charge on any atom is 0.331 e. The lowest BCUT2D eigenvalue weighted by Gasteiger charge is -2.17. The summed E-state index contributed by atoms with van der Waals surface area (Å²) in [5.74, 6) is -1.46. The van der Waals surface area contributed by atoms with E-state index in [1.165, 1.54) is 4.90 Å². The van der Waals surface area contributed by atoms with Crippen molar-refractivity contribution in [2.45, 2.75) is 52.7 Å². The molecule has 1 aromatic rings. The van der Waals surface area contributed by atoms with Gasteiger partial charge in [-0.05, 0) is 39.3 Å². The van der Waals surface area contributed by atoms with Crippen LogP contribution in [0.1, 0.15) is 46.1 Å². The number of amides is 3. The van der Waals surface area contributed by atoms with E-state index < -0.39 is 23.9 Å². The second-order valence-corrected chi connectivity index (χ2v) is 7.41. The Morgan fingerprint density at radius 2 is 1.37 bits per heavy atom. The minimum Gasteiger partial charge on any atom is -0.463 e. The van der Waals surface area contributed by atoms with E-state index >= 15 is 0 Å². The standard InChI is InChI=1S/C22H28N2O6/c1-15(2)29-19(25)10-12-23-18(14-17-8-6-5-7-9-17)21(27)24(22(23)28)13-11-20(26)30-16(3)4/h5-9,14-16H,10-13H2,1-4H3. The summed E-state index contributed by atoms with van der Waals surface area (Å²) in [4.78, 5) is 51.8. The molecule has 1 saturated heterocycles. The molecule has 1 aromatic carbocycles. The first kappa shape index (κ1) is 23.1. The second-order valence-electron chi connectivity index (χ2n) is 7.41. The molecule has 8 heteroatoms. The van der Waals surface area contributed by atoms with E-state index in [0.29, 0.717) is 0 Å². The monoisotopic (exact) mass is 416 g/mol. The third-order valence-corrected chi connectivity index (χ3v) is 4.13. The van der Waals surface area contributed by atoms with Crippen LogP contribution < -0.4 is 0 Å². The van der Waals surface area contributed by atoms with Crippen molar-refractivity contribution in [3.05, 3.63) is 41.6 Å². The van der Waals surface area contributed by atoms with Gasteiger partial charge in [0.25, 0.3) is 5.91 Å². The molecular weight excluding hydrogens is 388 g/mol. The van der Waals surface area contributed by atoms with Gasteiger partial charge in [0.15, 0.2) is 0 Å². The van der Waals surface area contributed by atoms with Gasteiger partial charge in [-0.25, -0.2) is 4.79 Å². The van der Waals surface area contributed by atoms with Gasteiger partial charge in [0, 0.05) is 13.1 Å². The molecule has 0 atom stereocenters. The molecule has 0 radical (unpaired) electrons. The number of esters is 2. The summed E-state index contributed by atoms with van der Waals surface area (Å²) < 4.78 is 10.2. The smallest absolute Gasteiger partial charge is 0.331 e. The highest BCUT2D eigenvalue weighted by Gasteiger charge is 2.41. The molecule has 0 saturated carbocycles. The van der Waals surface area contributed by atoms with Gasteiger partial charge in [-0.3, -0.25) is 24.2 Å². The van der Waals surface area contributed by atoms with Crippen molar-refractivity contribution < 1.29 is 28.7 Å². The van der Waals surface area contributed by atoms with Crippen LogP contribution in [0.5, 0.6) is 0 Å². The summed E-state index contributed by atoms with van der Waals surface area (Å²) in [5.41, 5.74) is 0.894. The van der Waals surface area contributed by atoms with Crippen molar-refractivity contribution in [1.29, 1.82) is 0 Å². The van der Waals surface area contributed by atoms with E-state index in [1.54, 1.807) is 45.9 Å². The van der Waals surface area contributed by atoms with E-state index in [2.05, 4.69) is 0 Å². The maximum absolute atomic E-state index is 12.9. The predicted octanol–water partition coefficient (Wildman–Crippen LogP) is 2.98. The molecule has 162 valence electrons. The first-order valence-corrected chi connectivity index (χ1v) is 9.98. The maximum atomic E-state index is 12.9. The molecule has 1 aliphatic rings. The Morgan fingerprint density at radius 1 is 0.867 bits per heavy atom. The number of nitrogens with zero attached hydrogens (tertiary/aromatic N) is 2. The molecule has 0 aromatic heterocycles. The Kier molecular flexibility index (Phi) is 8.15. The van der Waals surface area contributed by atoms with Gasteiger partial charge in [0.2, 0.25) is 0 Å². The minimum absolute atomic E-state index is 0.00172. The van der Waals surface area contributed by atoms with Crippen LogP contribution >= 0.6 is 0 Å². The van der Waals surface area contributed by atoms with E-state index in [4.69, 9.17) is 9.47 Å². The van der Waals surface area contributed by atoms with E-state index in [0.717, 1.165) is 10.5 Å². The number of carbonyl (C=O) groups excluding carboxylic acids is 4. The highest BCUT2D eigenvalue weighted by Crippen LogP contribution is 2.24. The average Bonchev–Trinajstić information content (AvgIpc) is 2.88. The highest BCUT2D eigenvalue weighted by molar-refractivity contribution is 6.14. The predicted molar refractivity (Wildman–Crippen MR) is 110 cm³/mol. The van der Waals surface area contributed by atoms with Gasteiger partial charge in [-0.1, -0.05) is 30.3 Å². The number of imide groups is 1. The van der Waals surface area contributed by atoms with Crippen molar-refractivity contribution in [2.24, 2.45) is 0 Å². The van der Waals surface area contributed by atoms with Gasteiger partial charge in [0.1, 0.15) is 5.70 Å². The van der Waals surface area contributed by atoms with E-state index in [1.807, 2.05) is 18.2 Å². The number of ether oxygens (including phenoxy) is 2. The average molecular weight is 416 g/mol. The third kappa shape index (κ3) is 6.43. The molecule has 8 nitrogen and oxygen atoms in total. The normalized spacial score (nSPS) is 15.5. The van der Waals surface area contributed by atoms with Crippen molar-refractivity contribution >= 4 is 30.0 Å². The first-order valence-electron chi connectivity index (χ1n) is 9.98. The SMILES string of the molecule is CC(C)OC(=O)CCN1C(=O)C(=Cc2ccccc2)N(CCC(=O)OC(C)C)C1=O. The van der Waals surface area contributed by atoms with Crippen molar-refractivity contribution in [3.63, 3.8) is 0 Å². The fraction of sp³-hybridized carbons (Fsp3) is 0.455. The summed E-state index contributed by atoms with van der Waals surface area (Å²) in [6.45, 7) is 6.83. The Bertz CT molecular complexity index is 816. The topological polar surface area (TPSA) is 93.2 Å². The van der Waals surface area contributed by atoms with Crippen LogP contribution in [0.4, 0.5) is 4.79 Å². The quantitative estimate of drug-likeness (QED) is 0.349. The minimum atomic E-state index is -0.572. The number of benzene rings is 1. The summed E-state index contributed by atoms with van der Waals surface area (Å²) in [7, 11) is 0. The summed E-state index contributed by atoms with van der Waals surface area (Å²) in [6, 6.07) is 8.51. The van der Waals surface area contributed by atoms with Crippen LogP contribution in [0, 0.1) is 0 Å². The molecule has 1 heterocycles. The molecule has 0 bridgehead atoms. The van der Waals surface area contributed by atoms with Gasteiger partial charge in [-0.15, -0.1) is 0 Å². The van der Waals surface area contributed by atoms with E-state index in [-0.39, 0.29) is 43.8 Å². The lowest BCUT2D eigenvalue weighted by molar-refractivity contribution is -0.148. The van der Waals surface area contributed by atoms with Crippen molar-refractivity contribution in [3.8, 4) is 0 Å². The van der Waals surface area contributed by atoms with Gasteiger partial charge >= 0.3 is 18.0 Å². The summed E-state index contributed by atoms with van der Waals surface area (Å²) in [6.07, 6.45) is 0.903. The second kappa shape index (κ2) is 10.6. The zero-order valence-electron chi connectivity index (χ0n) is 17.8. The molecule has 2 rings (SSSR count). The lowest BCUT2D eigenvalue weighted by atomic mass is 10.2. The molecular formula is C22H28N2O6. The molecule has 1 aliphatic heterocycles. The van der Waals surface area contributed by atoms with Crippen molar-refractivity contribution in [1.82, 2.24) is 9.80 Å². The molecule has 0 N–H and O–H groups in total. The molecule has 0 aliphatic carbocycles. The summed E-state index contributed by atoms with van der Waals surface area (Å²) in [5, 5.41) is 0. The molecule has 3 amide bonds. The van der Waals surface area contributed by atoms with Gasteiger partial charge < -0.3 is 9.47 Å². The van der Waals surface area contributed by atoms with Crippen LogP contribution in [-0.4, -0.2) is 59.0 Å². The molecule has 0 spiro atoms. The number of carbonyl (C=O) groups is 4. The van der Waals surface area contributed by atoms with Crippen LogP contribution in [0.15, 0.2) is 36.0 Å². The number of hydrogen-bond acceptors (Lipinski definition) is 6. The van der Waals surface area contributed by atoms with Gasteiger partial charge in [-0.2, -0.15) is 0 Å². The third-order valence-electron chi connectivity index (χ3n) is 4.13. The Morgan fingerprint density at radius 3 is 1.87 bits per heavy atom. The zero-order valence-corrected chi connectivity index (χ0v) is 17.8. The summed E-state index contributed by atoms with van der Waals surface area (Å²) >= 11 is 0. The Labute approximate surface area is 176 Å². The van der Waals surface area contributed by atoms with Crippen LogP contribution in [0.2, 0.25) is 0 Å². The number of hydrogen-bond donors (Lipinski definition) is 0. The van der Waals surface area contributed by atoms with Crippen LogP contribution in [0.3, 0.4) is 0 Å². The van der Waals surface area contributed by atoms with E-state index in [9.17, 15) is 19.2 Å². The molecule has 0 unspecified atom stereocenters. The first-order chi connectivity index (χ1) is 14.2. The fourth-order valence-corrected chi connectivity index (χ4v) is 2.90. The van der Waals surface area contributed by atoms with Crippen molar-refractivity contribution in [2.75, 3.05) is 13.1 Å². The number of urea groups is 1. The van der Waals surface area contributed by atoms with Gasteiger partial charge in [0.05, 0.1) is 25.0 Å². The fourth-order valence-electron chi connectivity index (χ4n) is 2.90. The largest absolute Gasteiger partial charge is 0.463 e. The Balaban J connectivity index is 2.19. The zero-order chi connectivity index (χ0) is 22.3. The Hall–Kier alpha value is -3.16. The number of rotatable bonds is 9. The van der Waals surface area contributed by atoms with Crippen LogP contribution in [-0.2, 0) is 23.9 Å². The van der Waals surface area contributed by atoms with Crippen LogP contribution in [0.25, 0.3) is 6.08 Å². The molecule has 1 fully saturated rings. The molecule has 30 heavy (non-hydrogen) atoms. The highest BCUT2D eigenvalue weighted by atomic mass is 16.5. The lowest BCUT2D eigenvalue weighted by Crippen LogP contribution is -2.35.